The van der Waals surface area contributed by atoms with Crippen LogP contribution in [-0.4, -0.2) is 205 Å². The molecule has 3 saturated heterocycles. The van der Waals surface area contributed by atoms with Crippen LogP contribution in [-0.2, 0) is 112 Å². The number of methoxy groups -OCH3 is 1. The maximum absolute atomic E-state index is 14.9. The fourth-order valence-electron chi connectivity index (χ4n) is 10.9. The number of carbonyl (C=O) groups excluding carboxylic acids is 9. The van der Waals surface area contributed by atoms with Gasteiger partial charge in [-0.2, -0.15) is 16.8 Å². The minimum absolute atomic E-state index is 0.128. The van der Waals surface area contributed by atoms with Crippen molar-refractivity contribution in [3.63, 3.8) is 0 Å². The fourth-order valence-corrected chi connectivity index (χ4v) is 11.5. The standard InChI is InChI=1S/C68H69N3O30S2/c1-39(72)70-49-54(52(95-60(75)43-26-14-6-15-27-43)47(37-90-102(81,82)83)92-65(49)88-35-34-69-68(80)89-36-41-22-10-4-11-23-41)99-67-58(98-63(78)46-32-20-9-21-33-46)56(97-62(77)45-30-18-8-19-31-45)55(57(101-67)64(79)87-3)100-66-50(71-40(2)73)53(96-61(76)44-28-16-7-17-29-44)51(48(93-66)38-91-103(84,85)86)94-59(74)42-24-12-5-13-25-42/h4-33,47-58,65-67H,34-38H2,1-3H3,(H,69,80)(H,70,72)(H,71,73)(H,81,82,83)(H,84,85,86)/t47-,48-,49-,50-,51+,52+,53-,54-,55+,56+,57+,58-,65-,66+,67-/m1/s1. The third-order valence-corrected chi connectivity index (χ3v) is 16.3. The quantitative estimate of drug-likeness (QED) is 0.0193. The van der Waals surface area contributed by atoms with Crippen LogP contribution in [0.3, 0.4) is 0 Å². The number of carbonyl (C=O) groups is 9. The number of esters is 6. The van der Waals surface area contributed by atoms with Gasteiger partial charge >= 0.3 is 62.7 Å². The van der Waals surface area contributed by atoms with Gasteiger partial charge in [0, 0.05) is 20.4 Å². The Kier molecular flexibility index (Phi) is 27.0. The molecule has 0 aromatic heterocycles. The van der Waals surface area contributed by atoms with Crippen molar-refractivity contribution in [3.8, 4) is 0 Å². The molecule has 548 valence electrons. The summed E-state index contributed by atoms with van der Waals surface area (Å²) >= 11 is 0. The van der Waals surface area contributed by atoms with Crippen LogP contribution in [0.1, 0.15) is 71.2 Å². The molecule has 9 rings (SSSR count). The zero-order valence-corrected chi connectivity index (χ0v) is 56.3. The first-order valence-corrected chi connectivity index (χ1v) is 34.0. The first kappa shape index (κ1) is 77.0. The summed E-state index contributed by atoms with van der Waals surface area (Å²) < 4.78 is 160. The molecule has 0 saturated carbocycles. The first-order chi connectivity index (χ1) is 49.3. The maximum Gasteiger partial charge on any atom is 0.407 e. The van der Waals surface area contributed by atoms with E-state index >= 15 is 0 Å². The lowest BCUT2D eigenvalue weighted by Crippen LogP contribution is -2.71. The highest BCUT2D eigenvalue weighted by molar-refractivity contribution is 7.81. The summed E-state index contributed by atoms with van der Waals surface area (Å²) in [5, 5.41) is 7.56. The summed E-state index contributed by atoms with van der Waals surface area (Å²) in [6.45, 7) is -1.67. The number of ether oxygens (including phenoxy) is 13. The zero-order chi connectivity index (χ0) is 73.8. The van der Waals surface area contributed by atoms with Gasteiger partial charge in [0.1, 0.15) is 43.1 Å². The molecule has 0 aliphatic carbocycles. The molecular weight excluding hydrogens is 1400 g/mol. The molecule has 0 bridgehead atoms. The van der Waals surface area contributed by atoms with E-state index in [9.17, 15) is 69.1 Å². The molecule has 35 heteroatoms. The van der Waals surface area contributed by atoms with E-state index in [1.165, 1.54) is 133 Å². The van der Waals surface area contributed by atoms with Crippen LogP contribution in [0, 0.1) is 0 Å². The lowest BCUT2D eigenvalue weighted by Gasteiger charge is -2.50. The predicted molar refractivity (Wildman–Crippen MR) is 347 cm³/mol. The van der Waals surface area contributed by atoms with Gasteiger partial charge in [0.25, 0.3) is 0 Å². The number of hydrogen-bond acceptors (Lipinski definition) is 28. The topological polar surface area (TPSA) is 437 Å². The summed E-state index contributed by atoms with van der Waals surface area (Å²) in [7, 11) is -10.0. The number of hydrogen-bond donors (Lipinski definition) is 5. The molecule has 0 spiro atoms. The zero-order valence-electron chi connectivity index (χ0n) is 54.7. The molecule has 3 aliphatic rings. The van der Waals surface area contributed by atoms with Crippen molar-refractivity contribution in [2.24, 2.45) is 0 Å². The number of amides is 3. The SMILES string of the molecule is COC(=O)[C@H]1O[C@@H](O[C@@H]2[C@@H](NC(C)=O)[C@H](OCCNC(=O)OCc3ccccc3)O[C@H](COS(=O)(=O)O)[C@@H]2OC(=O)c2ccccc2)[C@H](OC(=O)c2ccccc2)[C@@H](OC(=O)c2ccccc2)[C@@H]1O[C@@H]1O[C@H](COS(=O)(=O)O)[C@H](OC(=O)c2ccccc2)[C@H](OC(=O)c2ccccc2)[C@H]1NC(C)=O. The molecule has 6 aromatic carbocycles. The van der Waals surface area contributed by atoms with Crippen molar-refractivity contribution < 1.29 is 139 Å². The van der Waals surface area contributed by atoms with E-state index < -0.39 is 186 Å². The average molecular weight is 1470 g/mol. The van der Waals surface area contributed by atoms with E-state index in [2.05, 4.69) is 16.0 Å². The molecule has 103 heavy (non-hydrogen) atoms. The molecule has 6 aromatic rings. The van der Waals surface area contributed by atoms with Crippen molar-refractivity contribution >= 4 is 74.5 Å². The summed E-state index contributed by atoms with van der Waals surface area (Å²) in [4.78, 5) is 128. The van der Waals surface area contributed by atoms with Gasteiger partial charge in [-0.3, -0.25) is 18.7 Å². The van der Waals surface area contributed by atoms with Gasteiger partial charge in [0.2, 0.25) is 11.8 Å². The van der Waals surface area contributed by atoms with E-state index in [0.29, 0.717) is 5.56 Å². The Labute approximate surface area is 588 Å². The Bertz CT molecular complexity index is 4120. The number of nitrogens with one attached hydrogen (secondary N) is 3. The molecule has 3 aliphatic heterocycles. The maximum atomic E-state index is 14.9. The molecule has 5 N–H and O–H groups in total. The van der Waals surface area contributed by atoms with Gasteiger partial charge in [0.05, 0.1) is 54.7 Å². The molecule has 15 atom stereocenters. The van der Waals surface area contributed by atoms with E-state index in [1.807, 2.05) is 0 Å². The number of benzene rings is 6. The summed E-state index contributed by atoms with van der Waals surface area (Å²) in [5.41, 5.74) is -0.262. The largest absolute Gasteiger partial charge is 0.467 e. The summed E-state index contributed by atoms with van der Waals surface area (Å²) in [5.74, 6) is -9.45. The molecular formula is C68H69N3O30S2. The van der Waals surface area contributed by atoms with Gasteiger partial charge in [0.15, 0.2) is 55.5 Å². The van der Waals surface area contributed by atoms with Gasteiger partial charge in [-0.15, -0.1) is 0 Å². The number of alkyl carbamates (subject to hydrolysis) is 1. The second kappa shape index (κ2) is 36.1. The first-order valence-electron chi connectivity index (χ1n) is 31.3. The third-order valence-electron chi connectivity index (χ3n) is 15.4. The van der Waals surface area contributed by atoms with E-state index in [-0.39, 0.29) is 41.0 Å². The van der Waals surface area contributed by atoms with Gasteiger partial charge in [-0.25, -0.2) is 41.9 Å². The lowest BCUT2D eigenvalue weighted by atomic mass is 9.93. The highest BCUT2D eigenvalue weighted by Crippen LogP contribution is 2.39. The van der Waals surface area contributed by atoms with Crippen LogP contribution in [0.25, 0.3) is 0 Å². The van der Waals surface area contributed by atoms with E-state index in [1.54, 1.807) is 48.5 Å². The fraction of sp³-hybridized carbons (Fsp3) is 0.338. The molecule has 0 radical (unpaired) electrons. The lowest BCUT2D eigenvalue weighted by molar-refractivity contribution is -0.358. The molecule has 3 fully saturated rings. The second-order valence-electron chi connectivity index (χ2n) is 22.7. The van der Waals surface area contributed by atoms with Gasteiger partial charge in [-0.1, -0.05) is 121 Å². The van der Waals surface area contributed by atoms with E-state index in [4.69, 9.17) is 69.9 Å². The second-order valence-corrected chi connectivity index (χ2v) is 24.8. The predicted octanol–water partition coefficient (Wildman–Crippen LogP) is 3.82. The smallest absolute Gasteiger partial charge is 0.407 e. The Balaban J connectivity index is 1.20. The summed E-state index contributed by atoms with van der Waals surface area (Å²) in [6.07, 6.45) is -30.0. The van der Waals surface area contributed by atoms with Crippen LogP contribution in [0.4, 0.5) is 4.79 Å². The Morgan fingerprint density at radius 1 is 0.427 bits per heavy atom. The minimum Gasteiger partial charge on any atom is -0.467 e. The normalized spacial score (nSPS) is 24.7. The average Bonchev–Trinajstić information content (AvgIpc) is 0.755. The van der Waals surface area contributed by atoms with Gasteiger partial charge in [-0.05, 0) is 66.2 Å². The van der Waals surface area contributed by atoms with Crippen molar-refractivity contribution in [2.75, 3.05) is 33.5 Å². The molecule has 33 nitrogen and oxygen atoms in total. The molecule has 3 heterocycles. The van der Waals surface area contributed by atoms with Crippen LogP contribution < -0.4 is 16.0 Å². The summed E-state index contributed by atoms with van der Waals surface area (Å²) in [6, 6.07) is 39.8. The number of rotatable bonds is 29. The molecule has 0 unspecified atom stereocenters. The van der Waals surface area contributed by atoms with Crippen LogP contribution in [0.5, 0.6) is 0 Å². The third kappa shape index (κ3) is 21.9. The van der Waals surface area contributed by atoms with Crippen LogP contribution in [0.2, 0.25) is 0 Å². The Morgan fingerprint density at radius 2 is 0.786 bits per heavy atom. The molecule has 3 amide bonds. The Morgan fingerprint density at radius 3 is 1.19 bits per heavy atom. The van der Waals surface area contributed by atoms with E-state index in [0.717, 1.165) is 21.0 Å². The van der Waals surface area contributed by atoms with Gasteiger partial charge < -0.3 is 77.5 Å². The highest BCUT2D eigenvalue weighted by Gasteiger charge is 2.61. The highest BCUT2D eigenvalue weighted by atomic mass is 32.3. The Hall–Kier alpha value is -10.2. The monoisotopic (exact) mass is 1470 g/mol. The van der Waals surface area contributed by atoms with Crippen LogP contribution >= 0.6 is 0 Å². The van der Waals surface area contributed by atoms with Crippen molar-refractivity contribution in [1.82, 2.24) is 16.0 Å². The van der Waals surface area contributed by atoms with Crippen molar-refractivity contribution in [2.45, 2.75) is 112 Å². The van der Waals surface area contributed by atoms with Crippen LogP contribution in [0.15, 0.2) is 182 Å². The van der Waals surface area contributed by atoms with Crippen molar-refractivity contribution in [3.05, 3.63) is 215 Å². The minimum atomic E-state index is -5.46. The van der Waals surface area contributed by atoms with Crippen molar-refractivity contribution in [1.29, 1.82) is 0 Å².